The van der Waals surface area contributed by atoms with Crippen LogP contribution in [0.5, 0.6) is 0 Å². The third kappa shape index (κ3) is 3.27. The van der Waals surface area contributed by atoms with Crippen LogP contribution in [-0.4, -0.2) is 37.0 Å². The zero-order chi connectivity index (χ0) is 20.8. The van der Waals surface area contributed by atoms with E-state index in [2.05, 4.69) is 41.7 Å². The lowest BCUT2D eigenvalue weighted by molar-refractivity contribution is -0.183. The predicted molar refractivity (Wildman–Crippen MR) is 113 cm³/mol. The summed E-state index contributed by atoms with van der Waals surface area (Å²) in [6, 6.07) is 16.9. The number of carbonyl (C=O) groups excluding carboxylic acids is 2. The van der Waals surface area contributed by atoms with Gasteiger partial charge < -0.3 is 19.5 Å². The predicted octanol–water partition coefficient (Wildman–Crippen LogP) is 4.11. The van der Waals surface area contributed by atoms with E-state index in [1.165, 1.54) is 24.6 Å². The minimum Gasteiger partial charge on any atom is -0.463 e. The molecule has 2 aliphatic rings. The first-order chi connectivity index (χ1) is 14.5. The maximum absolute atomic E-state index is 11.8. The molecule has 0 spiro atoms. The van der Waals surface area contributed by atoms with E-state index in [9.17, 15) is 9.59 Å². The Balaban J connectivity index is 1.60. The number of nitrogens with one attached hydrogen (secondary N) is 1. The average molecular weight is 405 g/mol. The van der Waals surface area contributed by atoms with E-state index >= 15 is 0 Å². The summed E-state index contributed by atoms with van der Waals surface area (Å²) in [5, 5.41) is 8.14. The molecule has 0 radical (unpaired) electrons. The number of ether oxygens (including phenoxy) is 3. The fourth-order valence-corrected chi connectivity index (χ4v) is 4.71. The molecule has 2 heterocycles. The standard InChI is InChI=1S/C24H23NO5/c1-13(26)28-12-21-24(29-14(2)27)20-11-22(30-21)25-23-18(20)8-7-17-9-15-5-3-4-6-16(15)10-19(17)23/h3-10,20-22,24-25H,11-12H2,1-2H3/t20-,21-,22+,24+/m1/s1. The van der Waals surface area contributed by atoms with Crippen molar-refractivity contribution >= 4 is 39.2 Å². The number of hydrogen-bond acceptors (Lipinski definition) is 6. The van der Waals surface area contributed by atoms with Crippen LogP contribution in [0.15, 0.2) is 48.5 Å². The summed E-state index contributed by atoms with van der Waals surface area (Å²) in [5.74, 6) is -0.802. The molecule has 30 heavy (non-hydrogen) atoms. The number of carbonyl (C=O) groups is 2. The van der Waals surface area contributed by atoms with Gasteiger partial charge >= 0.3 is 11.9 Å². The van der Waals surface area contributed by atoms with Gasteiger partial charge in [0.2, 0.25) is 0 Å². The van der Waals surface area contributed by atoms with Gasteiger partial charge in [0.15, 0.2) is 0 Å². The largest absolute Gasteiger partial charge is 0.463 e. The molecule has 1 saturated heterocycles. The van der Waals surface area contributed by atoms with Gasteiger partial charge in [0.05, 0.1) is 0 Å². The Hall–Kier alpha value is -3.12. The van der Waals surface area contributed by atoms with Gasteiger partial charge in [-0.15, -0.1) is 0 Å². The van der Waals surface area contributed by atoms with Gasteiger partial charge in [-0.25, -0.2) is 0 Å². The maximum Gasteiger partial charge on any atom is 0.303 e. The Kier molecular flexibility index (Phi) is 4.59. The van der Waals surface area contributed by atoms with Crippen LogP contribution in [0.25, 0.3) is 21.5 Å². The number of benzene rings is 3. The van der Waals surface area contributed by atoms with E-state index in [0.717, 1.165) is 22.0 Å². The second-order valence-corrected chi connectivity index (χ2v) is 7.98. The zero-order valence-electron chi connectivity index (χ0n) is 16.9. The molecule has 0 unspecified atom stereocenters. The van der Waals surface area contributed by atoms with Crippen molar-refractivity contribution in [3.05, 3.63) is 54.1 Å². The van der Waals surface area contributed by atoms with Crippen LogP contribution < -0.4 is 5.32 Å². The molecular formula is C24H23NO5. The quantitative estimate of drug-likeness (QED) is 0.522. The van der Waals surface area contributed by atoms with Crippen LogP contribution in [0.3, 0.4) is 0 Å². The summed E-state index contributed by atoms with van der Waals surface area (Å²) >= 11 is 0. The summed E-state index contributed by atoms with van der Waals surface area (Å²) in [5.41, 5.74) is 2.11. The fraction of sp³-hybridized carbons (Fsp3) is 0.333. The third-order valence-electron chi connectivity index (χ3n) is 5.95. The molecule has 0 aliphatic carbocycles. The van der Waals surface area contributed by atoms with Crippen LogP contribution in [0.4, 0.5) is 5.69 Å². The van der Waals surface area contributed by atoms with Crippen molar-refractivity contribution < 1.29 is 23.8 Å². The van der Waals surface area contributed by atoms with Crippen molar-refractivity contribution in [2.24, 2.45) is 0 Å². The minimum atomic E-state index is -0.519. The van der Waals surface area contributed by atoms with Gasteiger partial charge in [-0.3, -0.25) is 9.59 Å². The maximum atomic E-state index is 11.8. The van der Waals surface area contributed by atoms with E-state index in [1.807, 2.05) is 12.1 Å². The Morgan fingerprint density at radius 1 is 1.03 bits per heavy atom. The molecule has 6 heteroatoms. The molecule has 4 atom stereocenters. The zero-order valence-corrected chi connectivity index (χ0v) is 16.9. The molecule has 1 fully saturated rings. The minimum absolute atomic E-state index is 0.0414. The van der Waals surface area contributed by atoms with Crippen LogP contribution in [0.1, 0.15) is 31.7 Å². The Morgan fingerprint density at radius 3 is 2.53 bits per heavy atom. The molecule has 2 bridgehead atoms. The van der Waals surface area contributed by atoms with Gasteiger partial charge in [-0.05, 0) is 33.9 Å². The van der Waals surface area contributed by atoms with Crippen molar-refractivity contribution in [2.75, 3.05) is 11.9 Å². The third-order valence-corrected chi connectivity index (χ3v) is 5.95. The Bertz CT molecular complexity index is 1160. The highest BCUT2D eigenvalue weighted by atomic mass is 16.6. The summed E-state index contributed by atoms with van der Waals surface area (Å²) in [6.45, 7) is 2.80. The van der Waals surface area contributed by atoms with Crippen molar-refractivity contribution in [1.82, 2.24) is 0 Å². The second kappa shape index (κ2) is 7.29. The molecular weight excluding hydrogens is 382 g/mol. The number of fused-ring (bicyclic) bond motifs is 7. The molecule has 0 amide bonds. The van der Waals surface area contributed by atoms with Crippen LogP contribution in [-0.2, 0) is 23.8 Å². The molecule has 0 aromatic heterocycles. The first kappa shape index (κ1) is 18.9. The summed E-state index contributed by atoms with van der Waals surface area (Å²) < 4.78 is 17.0. The molecule has 154 valence electrons. The molecule has 1 N–H and O–H groups in total. The van der Waals surface area contributed by atoms with Gasteiger partial charge in [-0.1, -0.05) is 36.4 Å². The molecule has 3 aromatic rings. The van der Waals surface area contributed by atoms with Gasteiger partial charge in [0.25, 0.3) is 0 Å². The van der Waals surface area contributed by atoms with E-state index in [0.29, 0.717) is 6.42 Å². The van der Waals surface area contributed by atoms with Crippen molar-refractivity contribution in [1.29, 1.82) is 0 Å². The average Bonchev–Trinajstić information content (AvgIpc) is 2.72. The highest BCUT2D eigenvalue weighted by molar-refractivity contribution is 6.05. The molecule has 3 aromatic carbocycles. The van der Waals surface area contributed by atoms with Gasteiger partial charge in [0.1, 0.15) is 25.0 Å². The van der Waals surface area contributed by atoms with Gasteiger partial charge in [0, 0.05) is 37.3 Å². The molecule has 2 aliphatic heterocycles. The SMILES string of the molecule is CC(=O)OC[C@H]1O[C@H]2C[C@H](c3ccc4cc5ccccc5cc4c3N2)[C@@H]1OC(C)=O. The Morgan fingerprint density at radius 2 is 1.80 bits per heavy atom. The lowest BCUT2D eigenvalue weighted by atomic mass is 9.80. The van der Waals surface area contributed by atoms with Crippen LogP contribution >= 0.6 is 0 Å². The topological polar surface area (TPSA) is 73.9 Å². The van der Waals surface area contributed by atoms with E-state index in [-0.39, 0.29) is 30.7 Å². The second-order valence-electron chi connectivity index (χ2n) is 7.98. The molecule has 6 nitrogen and oxygen atoms in total. The van der Waals surface area contributed by atoms with E-state index < -0.39 is 12.2 Å². The van der Waals surface area contributed by atoms with Gasteiger partial charge in [-0.2, -0.15) is 0 Å². The fourth-order valence-electron chi connectivity index (χ4n) is 4.71. The molecule has 0 saturated carbocycles. The Labute approximate surface area is 174 Å². The molecule has 5 rings (SSSR count). The first-order valence-corrected chi connectivity index (χ1v) is 10.2. The van der Waals surface area contributed by atoms with E-state index in [1.54, 1.807) is 0 Å². The lowest BCUT2D eigenvalue weighted by Gasteiger charge is -2.45. The number of rotatable bonds is 3. The lowest BCUT2D eigenvalue weighted by Crippen LogP contribution is -2.52. The highest BCUT2D eigenvalue weighted by Gasteiger charge is 2.46. The summed E-state index contributed by atoms with van der Waals surface area (Å²) in [4.78, 5) is 23.1. The smallest absolute Gasteiger partial charge is 0.303 e. The summed E-state index contributed by atoms with van der Waals surface area (Å²) in [6.07, 6.45) is -0.598. The number of anilines is 1. The summed E-state index contributed by atoms with van der Waals surface area (Å²) in [7, 11) is 0. The van der Waals surface area contributed by atoms with E-state index in [4.69, 9.17) is 14.2 Å². The normalized spacial score (nSPS) is 24.7. The monoisotopic (exact) mass is 405 g/mol. The van der Waals surface area contributed by atoms with Crippen molar-refractivity contribution in [2.45, 2.75) is 44.6 Å². The van der Waals surface area contributed by atoms with Crippen LogP contribution in [0.2, 0.25) is 0 Å². The van der Waals surface area contributed by atoms with Crippen molar-refractivity contribution in [3.63, 3.8) is 0 Å². The highest BCUT2D eigenvalue weighted by Crippen LogP contribution is 2.46. The number of hydrogen-bond donors (Lipinski definition) is 1. The number of esters is 2. The first-order valence-electron chi connectivity index (χ1n) is 10.2. The van der Waals surface area contributed by atoms with Crippen molar-refractivity contribution in [3.8, 4) is 0 Å². The van der Waals surface area contributed by atoms with Crippen LogP contribution in [0, 0.1) is 0 Å².